The Morgan fingerprint density at radius 2 is 2.14 bits per heavy atom. The van der Waals surface area contributed by atoms with Crippen LogP contribution in [0.15, 0.2) is 0 Å². The number of diazo groups is 1. The van der Waals surface area contributed by atoms with Gasteiger partial charge < -0.3 is 14.2 Å². The van der Waals surface area contributed by atoms with Crippen molar-refractivity contribution >= 4 is 0 Å². The highest BCUT2D eigenvalue weighted by atomic mass is 16.7. The number of morpholine rings is 1. The van der Waals surface area contributed by atoms with Crippen molar-refractivity contribution in [2.24, 2.45) is 0 Å². The first-order chi connectivity index (χ1) is 6.81. The summed E-state index contributed by atoms with van der Waals surface area (Å²) in [6, 6.07) is 0. The minimum absolute atomic E-state index is 0.318. The van der Waals surface area contributed by atoms with Crippen molar-refractivity contribution in [3.05, 3.63) is 5.08 Å². The summed E-state index contributed by atoms with van der Waals surface area (Å²) in [6.45, 7) is 5.63. The summed E-state index contributed by atoms with van der Waals surface area (Å²) in [5.41, 5.74) is 0. The number of nitrogens with zero attached hydrogens (tertiary/aromatic N) is 3. The van der Waals surface area contributed by atoms with Crippen LogP contribution in [0.4, 0.5) is 0 Å². The van der Waals surface area contributed by atoms with E-state index in [2.05, 4.69) is 5.08 Å². The second-order valence-corrected chi connectivity index (χ2v) is 2.84. The summed E-state index contributed by atoms with van der Waals surface area (Å²) < 4.78 is 15.9. The van der Waals surface area contributed by atoms with Crippen LogP contribution in [0.5, 0.6) is 0 Å². The van der Waals surface area contributed by atoms with Crippen molar-refractivity contribution in [1.29, 1.82) is 5.39 Å². The molecule has 6 nitrogen and oxygen atoms in total. The molecular formula is C8H16N3O3+. The lowest BCUT2D eigenvalue weighted by Gasteiger charge is -2.28. The Morgan fingerprint density at radius 1 is 1.43 bits per heavy atom. The molecular weight excluding hydrogens is 186 g/mol. The molecule has 0 N–H and O–H groups in total. The molecule has 1 aliphatic heterocycles. The van der Waals surface area contributed by atoms with E-state index in [1.165, 1.54) is 5.01 Å². The number of hydrogen-bond donors (Lipinski definition) is 0. The van der Waals surface area contributed by atoms with E-state index in [1.54, 1.807) is 0 Å². The van der Waals surface area contributed by atoms with Crippen LogP contribution in [0.1, 0.15) is 13.8 Å². The molecule has 0 amide bonds. The molecule has 2 unspecified atom stereocenters. The van der Waals surface area contributed by atoms with Crippen molar-refractivity contribution in [2.45, 2.75) is 26.4 Å². The molecule has 80 valence electrons. The van der Waals surface area contributed by atoms with Gasteiger partial charge >= 0.3 is 5.08 Å². The largest absolute Gasteiger partial charge is 0.351 e. The zero-order valence-corrected chi connectivity index (χ0v) is 8.55. The van der Waals surface area contributed by atoms with Gasteiger partial charge in [-0.2, -0.15) is 0 Å². The van der Waals surface area contributed by atoms with Gasteiger partial charge in [-0.05, 0) is 13.8 Å². The van der Waals surface area contributed by atoms with Crippen LogP contribution in [-0.2, 0) is 14.2 Å². The predicted molar refractivity (Wildman–Crippen MR) is 48.6 cm³/mol. The molecule has 1 heterocycles. The van der Waals surface area contributed by atoms with E-state index in [4.69, 9.17) is 19.6 Å². The molecule has 0 spiro atoms. The minimum Gasteiger partial charge on any atom is -0.351 e. The van der Waals surface area contributed by atoms with Crippen LogP contribution in [0.3, 0.4) is 0 Å². The molecule has 0 bridgehead atoms. The Kier molecular flexibility index (Phi) is 4.59. The number of hydrogen-bond acceptors (Lipinski definition) is 5. The van der Waals surface area contributed by atoms with Gasteiger partial charge in [0, 0.05) is 18.2 Å². The van der Waals surface area contributed by atoms with Gasteiger partial charge in [-0.3, -0.25) is 0 Å². The van der Waals surface area contributed by atoms with Gasteiger partial charge in [0.1, 0.15) is 13.2 Å². The third-order valence-electron chi connectivity index (χ3n) is 1.92. The quantitative estimate of drug-likeness (QED) is 0.631. The Hall–Kier alpha value is -0.900. The minimum atomic E-state index is -0.340. The molecule has 0 saturated carbocycles. The molecule has 14 heavy (non-hydrogen) atoms. The molecule has 2 atom stereocenters. The number of rotatable bonds is 4. The van der Waals surface area contributed by atoms with E-state index >= 15 is 0 Å². The van der Waals surface area contributed by atoms with Gasteiger partial charge in [0.25, 0.3) is 5.39 Å². The molecule has 1 rings (SSSR count). The maximum absolute atomic E-state index is 8.73. The summed E-state index contributed by atoms with van der Waals surface area (Å²) in [5.74, 6) is 0. The van der Waals surface area contributed by atoms with Gasteiger partial charge in [0.15, 0.2) is 6.29 Å². The molecule has 0 aliphatic carbocycles. The Labute approximate surface area is 83.3 Å². The van der Waals surface area contributed by atoms with Crippen molar-refractivity contribution in [3.63, 3.8) is 0 Å². The fourth-order valence-corrected chi connectivity index (χ4v) is 1.31. The standard InChI is InChI=1S/C8H16N3O3/c1-3-12-7-6-14-8(13-4-2)5-11(7)10-9/h7-8H,3-6H2,1-2H3/q+1. The first kappa shape index (κ1) is 11.2. The van der Waals surface area contributed by atoms with Crippen LogP contribution >= 0.6 is 0 Å². The average molecular weight is 202 g/mol. The van der Waals surface area contributed by atoms with E-state index in [0.717, 1.165) is 0 Å². The Bertz CT molecular complexity index is 206. The highest BCUT2D eigenvalue weighted by molar-refractivity contribution is 4.71. The van der Waals surface area contributed by atoms with Crippen molar-refractivity contribution in [2.75, 3.05) is 26.4 Å². The van der Waals surface area contributed by atoms with Gasteiger partial charge in [-0.1, -0.05) is 0 Å². The van der Waals surface area contributed by atoms with Gasteiger partial charge in [0.2, 0.25) is 6.23 Å². The maximum Gasteiger partial charge on any atom is 0.308 e. The zero-order chi connectivity index (χ0) is 10.4. The van der Waals surface area contributed by atoms with Crippen molar-refractivity contribution in [1.82, 2.24) is 5.01 Å². The first-order valence-electron chi connectivity index (χ1n) is 4.78. The van der Waals surface area contributed by atoms with E-state index in [1.807, 2.05) is 13.8 Å². The molecule has 0 aromatic rings. The molecule has 0 aromatic heterocycles. The summed E-state index contributed by atoms with van der Waals surface area (Å²) >= 11 is 0. The van der Waals surface area contributed by atoms with Gasteiger partial charge in [-0.15, -0.1) is 0 Å². The lowest BCUT2D eigenvalue weighted by Crippen LogP contribution is -2.48. The summed E-state index contributed by atoms with van der Waals surface area (Å²) in [4.78, 5) is 0. The lowest BCUT2D eigenvalue weighted by atomic mass is 10.4. The molecule has 0 radical (unpaired) electrons. The topological polar surface area (TPSA) is 59.1 Å². The first-order valence-corrected chi connectivity index (χ1v) is 4.78. The second-order valence-electron chi connectivity index (χ2n) is 2.84. The highest BCUT2D eigenvalue weighted by Gasteiger charge is 2.36. The third-order valence-corrected chi connectivity index (χ3v) is 1.92. The van der Waals surface area contributed by atoms with Crippen LogP contribution in [-0.4, -0.2) is 43.9 Å². The summed E-state index contributed by atoms with van der Waals surface area (Å²) in [5, 5.41) is 13.3. The second kappa shape index (κ2) is 5.75. The Balaban J connectivity index is 2.43. The number of ether oxygens (including phenoxy) is 3. The van der Waals surface area contributed by atoms with Gasteiger partial charge in [0.05, 0.1) is 0 Å². The van der Waals surface area contributed by atoms with Crippen LogP contribution in [0.2, 0.25) is 0 Å². The molecule has 1 fully saturated rings. The smallest absolute Gasteiger partial charge is 0.308 e. The van der Waals surface area contributed by atoms with Crippen LogP contribution in [0, 0.1) is 5.39 Å². The van der Waals surface area contributed by atoms with E-state index in [-0.39, 0.29) is 12.5 Å². The molecule has 1 aliphatic rings. The fraction of sp³-hybridized carbons (Fsp3) is 1.00. The average Bonchev–Trinajstić information content (AvgIpc) is 2.21. The monoisotopic (exact) mass is 202 g/mol. The van der Waals surface area contributed by atoms with Crippen molar-refractivity contribution in [3.8, 4) is 0 Å². The van der Waals surface area contributed by atoms with Crippen molar-refractivity contribution < 1.29 is 14.2 Å². The van der Waals surface area contributed by atoms with Crippen LogP contribution in [0.25, 0.3) is 5.08 Å². The maximum atomic E-state index is 8.73. The van der Waals surface area contributed by atoms with E-state index in [9.17, 15) is 0 Å². The van der Waals surface area contributed by atoms with Gasteiger partial charge in [-0.25, -0.2) is 0 Å². The SMILES string of the molecule is CCOC1CN([N+]#N)C(OCC)CO1. The summed E-state index contributed by atoms with van der Waals surface area (Å²) in [6.07, 6.45) is -0.658. The predicted octanol–water partition coefficient (Wildman–Crippen LogP) is 0.812. The summed E-state index contributed by atoms with van der Waals surface area (Å²) in [7, 11) is 0. The highest BCUT2D eigenvalue weighted by Crippen LogP contribution is 2.14. The van der Waals surface area contributed by atoms with E-state index in [0.29, 0.717) is 26.4 Å². The third kappa shape index (κ3) is 2.80. The fourth-order valence-electron chi connectivity index (χ4n) is 1.31. The zero-order valence-electron chi connectivity index (χ0n) is 8.55. The van der Waals surface area contributed by atoms with E-state index < -0.39 is 0 Å². The van der Waals surface area contributed by atoms with Crippen LogP contribution < -0.4 is 0 Å². The molecule has 6 heteroatoms. The Morgan fingerprint density at radius 3 is 2.71 bits per heavy atom. The lowest BCUT2D eigenvalue weighted by molar-refractivity contribution is -0.227. The normalized spacial score (nSPS) is 27.4. The molecule has 0 aromatic carbocycles. The molecule has 1 saturated heterocycles.